The predicted molar refractivity (Wildman–Crippen MR) is 141 cm³/mol. The van der Waals surface area contributed by atoms with Gasteiger partial charge in [-0.3, -0.25) is 9.69 Å². The van der Waals surface area contributed by atoms with E-state index in [0.29, 0.717) is 31.9 Å². The number of piperidine rings is 1. The summed E-state index contributed by atoms with van der Waals surface area (Å²) >= 11 is 0. The first kappa shape index (κ1) is 25.7. The van der Waals surface area contributed by atoms with Crippen LogP contribution >= 0.6 is 0 Å². The van der Waals surface area contributed by atoms with Crippen molar-refractivity contribution in [2.45, 2.75) is 19.0 Å². The Morgan fingerprint density at radius 3 is 2.89 bits per heavy atom. The molecule has 1 aliphatic heterocycles. The first-order valence-electron chi connectivity index (χ1n) is 11.9. The van der Waals surface area contributed by atoms with Gasteiger partial charge < -0.3 is 20.1 Å². The number of hydrogen-bond donors (Lipinski definition) is 2. The molecule has 0 saturated carbocycles. The van der Waals surface area contributed by atoms with Crippen molar-refractivity contribution in [2.75, 3.05) is 32.1 Å². The van der Waals surface area contributed by atoms with Crippen molar-refractivity contribution in [1.82, 2.24) is 20.2 Å². The Kier molecular flexibility index (Phi) is 8.33. The van der Waals surface area contributed by atoms with Crippen LogP contribution in [-0.2, 0) is 20.8 Å². The third-order valence-corrected chi connectivity index (χ3v) is 6.27. The number of alkyl carbamates (subject to hydrolysis) is 1. The molecule has 4 rings (SSSR count). The number of carbonyl (C=O) groups excluding carboxylic acids is 2. The van der Waals surface area contributed by atoms with E-state index in [-0.39, 0.29) is 12.6 Å². The van der Waals surface area contributed by atoms with E-state index in [1.165, 1.54) is 19.5 Å². The molecule has 2 heterocycles. The summed E-state index contributed by atoms with van der Waals surface area (Å²) in [6, 6.07) is 13.1. The maximum absolute atomic E-state index is 12.6. The number of likely N-dealkylation sites (tertiary alicyclic amines) is 1. The van der Waals surface area contributed by atoms with Gasteiger partial charge in [-0.15, -0.1) is 6.42 Å². The molecule has 9 nitrogen and oxygen atoms in total. The second-order valence-corrected chi connectivity index (χ2v) is 8.68. The summed E-state index contributed by atoms with van der Waals surface area (Å²) in [6.07, 6.45) is 8.55. The zero-order valence-corrected chi connectivity index (χ0v) is 20.6. The quantitative estimate of drug-likeness (QED) is 0.275. The Bertz CT molecular complexity index is 1330. The number of hydrogen-bond acceptors (Lipinski definition) is 8. The van der Waals surface area contributed by atoms with Crippen LogP contribution in [0.15, 0.2) is 61.4 Å². The van der Waals surface area contributed by atoms with Gasteiger partial charge in [0.15, 0.2) is 0 Å². The first-order valence-corrected chi connectivity index (χ1v) is 11.9. The fourth-order valence-electron chi connectivity index (χ4n) is 4.53. The summed E-state index contributed by atoms with van der Waals surface area (Å²) in [5.41, 5.74) is 3.40. The Morgan fingerprint density at radius 1 is 1.27 bits per heavy atom. The molecule has 2 aromatic carbocycles. The lowest BCUT2D eigenvalue weighted by Gasteiger charge is -2.37. The number of benzene rings is 2. The molecular formula is C28H29N5O4. The summed E-state index contributed by atoms with van der Waals surface area (Å²) in [5.74, 6) is 2.40. The average Bonchev–Trinajstić information content (AvgIpc) is 2.92. The molecule has 190 valence electrons. The van der Waals surface area contributed by atoms with Crippen LogP contribution in [0.25, 0.3) is 10.9 Å². The first-order chi connectivity index (χ1) is 18.0. The van der Waals surface area contributed by atoms with Crippen LogP contribution < -0.4 is 10.6 Å². The Hall–Kier alpha value is -4.42. The highest BCUT2D eigenvalue weighted by Crippen LogP contribution is 2.29. The summed E-state index contributed by atoms with van der Waals surface area (Å²) < 4.78 is 10.1. The molecule has 0 spiro atoms. The second-order valence-electron chi connectivity index (χ2n) is 8.68. The van der Waals surface area contributed by atoms with Gasteiger partial charge in [-0.05, 0) is 36.2 Å². The van der Waals surface area contributed by atoms with E-state index >= 15 is 0 Å². The number of esters is 1. The van der Waals surface area contributed by atoms with Crippen LogP contribution in [0.5, 0.6) is 0 Å². The van der Waals surface area contributed by atoms with Crippen LogP contribution in [0.2, 0.25) is 0 Å². The molecule has 1 fully saturated rings. The van der Waals surface area contributed by atoms with Crippen LogP contribution in [0.4, 0.5) is 16.3 Å². The van der Waals surface area contributed by atoms with E-state index in [1.54, 1.807) is 0 Å². The summed E-state index contributed by atoms with van der Waals surface area (Å²) in [6.45, 7) is 5.27. The molecule has 2 N–H and O–H groups in total. The van der Waals surface area contributed by atoms with E-state index in [2.05, 4.69) is 38.0 Å². The molecule has 0 bridgehead atoms. The highest BCUT2D eigenvalue weighted by molar-refractivity contribution is 5.93. The number of nitrogens with one attached hydrogen (secondary N) is 2. The molecule has 9 heteroatoms. The van der Waals surface area contributed by atoms with Crippen molar-refractivity contribution in [2.24, 2.45) is 5.92 Å². The zero-order chi connectivity index (χ0) is 26.2. The van der Waals surface area contributed by atoms with Crippen molar-refractivity contribution >= 4 is 34.5 Å². The molecular weight excluding hydrogens is 470 g/mol. The topological polar surface area (TPSA) is 106 Å². The third kappa shape index (κ3) is 6.23. The lowest BCUT2D eigenvalue weighted by atomic mass is 9.91. The second kappa shape index (κ2) is 12.0. The van der Waals surface area contributed by atoms with E-state index in [4.69, 9.17) is 15.9 Å². The molecule has 1 aliphatic rings. The monoisotopic (exact) mass is 499 g/mol. The molecule has 2 atom stereocenters. The minimum absolute atomic E-state index is 0.0973. The number of nitrogens with zero attached hydrogens (tertiary/aromatic N) is 3. The molecule has 37 heavy (non-hydrogen) atoms. The lowest BCUT2D eigenvalue weighted by Crippen LogP contribution is -2.53. The number of aromatic nitrogens is 2. The maximum atomic E-state index is 12.6. The van der Waals surface area contributed by atoms with Crippen LogP contribution in [-0.4, -0.2) is 59.8 Å². The number of carbonyl (C=O) groups is 2. The number of rotatable bonds is 8. The van der Waals surface area contributed by atoms with Crippen molar-refractivity contribution in [3.63, 3.8) is 0 Å². The van der Waals surface area contributed by atoms with Gasteiger partial charge in [-0.25, -0.2) is 14.8 Å². The van der Waals surface area contributed by atoms with Gasteiger partial charge in [0, 0.05) is 42.3 Å². The molecule has 0 unspecified atom stereocenters. The zero-order valence-electron chi connectivity index (χ0n) is 20.6. The van der Waals surface area contributed by atoms with Crippen molar-refractivity contribution in [1.29, 1.82) is 0 Å². The summed E-state index contributed by atoms with van der Waals surface area (Å²) in [7, 11) is 1.35. The number of ether oxygens (including phenoxy) is 2. The van der Waals surface area contributed by atoms with Gasteiger partial charge in [-0.2, -0.15) is 0 Å². The van der Waals surface area contributed by atoms with Gasteiger partial charge in [-0.1, -0.05) is 36.8 Å². The van der Waals surface area contributed by atoms with E-state index in [0.717, 1.165) is 27.7 Å². The summed E-state index contributed by atoms with van der Waals surface area (Å²) in [5, 5.41) is 7.06. The van der Waals surface area contributed by atoms with Gasteiger partial charge >= 0.3 is 12.1 Å². The van der Waals surface area contributed by atoms with Crippen molar-refractivity contribution < 1.29 is 19.1 Å². The SMILES string of the molecule is C#Cc1cccc(Nc2ncnc3cccc(CN4CC[C@@H](NC(=O)OCC=C)[C@H](C(=O)OC)C4)c23)c1. The van der Waals surface area contributed by atoms with Crippen molar-refractivity contribution in [3.8, 4) is 12.3 Å². The van der Waals surface area contributed by atoms with Crippen LogP contribution in [0.3, 0.4) is 0 Å². The summed E-state index contributed by atoms with van der Waals surface area (Å²) in [4.78, 5) is 35.8. The molecule has 1 saturated heterocycles. The van der Waals surface area contributed by atoms with Gasteiger partial charge in [0.1, 0.15) is 18.8 Å². The Balaban J connectivity index is 1.56. The minimum Gasteiger partial charge on any atom is -0.469 e. The number of amides is 1. The smallest absolute Gasteiger partial charge is 0.407 e. The lowest BCUT2D eigenvalue weighted by molar-refractivity contribution is -0.148. The van der Waals surface area contributed by atoms with Gasteiger partial charge in [0.25, 0.3) is 0 Å². The highest BCUT2D eigenvalue weighted by atomic mass is 16.5. The number of fused-ring (bicyclic) bond motifs is 1. The maximum Gasteiger partial charge on any atom is 0.407 e. The number of anilines is 2. The molecule has 3 aromatic rings. The van der Waals surface area contributed by atoms with Gasteiger partial charge in [0.2, 0.25) is 0 Å². The highest BCUT2D eigenvalue weighted by Gasteiger charge is 2.36. The number of terminal acetylenes is 1. The minimum atomic E-state index is -0.580. The Labute approximate surface area is 215 Å². The third-order valence-electron chi connectivity index (χ3n) is 6.27. The van der Waals surface area contributed by atoms with E-state index in [1.807, 2.05) is 42.5 Å². The van der Waals surface area contributed by atoms with Crippen molar-refractivity contribution in [3.05, 3.63) is 72.6 Å². The standard InChI is InChI=1S/C28H29N5O4/c1-4-14-37-28(35)32-23-12-13-33(17-22(23)27(34)36-3)16-20-9-7-11-24-25(20)26(30-18-29-24)31-21-10-6-8-19(5-2)15-21/h2,4,6-11,15,18,22-23H,1,12-14,16-17H2,3H3,(H,32,35)(H,29,30,31)/t22-,23-/m1/s1. The average molecular weight is 500 g/mol. The molecule has 1 amide bonds. The van der Waals surface area contributed by atoms with Gasteiger partial charge in [0.05, 0.1) is 18.5 Å². The largest absolute Gasteiger partial charge is 0.469 e. The molecule has 0 radical (unpaired) electrons. The fourth-order valence-corrected chi connectivity index (χ4v) is 4.53. The normalized spacial score (nSPS) is 17.4. The Morgan fingerprint density at radius 2 is 2.11 bits per heavy atom. The van der Waals surface area contributed by atoms with E-state index < -0.39 is 18.1 Å². The fraction of sp³-hybridized carbons (Fsp3) is 0.286. The molecule has 0 aliphatic carbocycles. The van der Waals surface area contributed by atoms with Crippen LogP contribution in [0, 0.1) is 18.3 Å². The van der Waals surface area contributed by atoms with E-state index in [9.17, 15) is 9.59 Å². The predicted octanol–water partition coefficient (Wildman–Crippen LogP) is 3.63. The molecule has 1 aromatic heterocycles. The number of methoxy groups -OCH3 is 1. The van der Waals surface area contributed by atoms with Crippen LogP contribution in [0.1, 0.15) is 17.5 Å².